The third kappa shape index (κ3) is 4.94. The van der Waals surface area contributed by atoms with Crippen LogP contribution in [-0.2, 0) is 6.54 Å². The Balaban J connectivity index is 1.86. The number of aryl methyl sites for hydroxylation is 2. The molecule has 6 heteroatoms. The quantitative estimate of drug-likeness (QED) is 0.271. The molecule has 0 aliphatic rings. The van der Waals surface area contributed by atoms with Crippen LogP contribution in [0.5, 0.6) is 5.75 Å². The Labute approximate surface area is 210 Å². The van der Waals surface area contributed by atoms with Crippen molar-refractivity contribution in [2.24, 2.45) is 0 Å². The SMILES string of the molecule is CCN(CC)C(=O)Oc1ccc2c(ccn2Cc2cc(C)ccc2C)c1-c1cc(Cl)cc(Cl)c1. The van der Waals surface area contributed by atoms with Crippen LogP contribution in [0.1, 0.15) is 30.5 Å². The largest absolute Gasteiger partial charge is 0.415 e. The molecule has 0 aliphatic carbocycles. The van der Waals surface area contributed by atoms with E-state index >= 15 is 0 Å². The van der Waals surface area contributed by atoms with E-state index in [4.69, 9.17) is 27.9 Å². The molecule has 1 amide bonds. The van der Waals surface area contributed by atoms with Crippen LogP contribution < -0.4 is 4.74 Å². The fraction of sp³-hybridized carbons (Fsp3) is 0.250. The van der Waals surface area contributed by atoms with Gasteiger partial charge >= 0.3 is 6.09 Å². The fourth-order valence-electron chi connectivity index (χ4n) is 4.27. The Morgan fingerprint density at radius 2 is 1.65 bits per heavy atom. The van der Waals surface area contributed by atoms with E-state index in [9.17, 15) is 4.79 Å². The van der Waals surface area contributed by atoms with Crippen molar-refractivity contribution in [1.29, 1.82) is 0 Å². The minimum atomic E-state index is -0.381. The van der Waals surface area contributed by atoms with E-state index in [-0.39, 0.29) is 6.09 Å². The van der Waals surface area contributed by atoms with Gasteiger partial charge in [-0.3, -0.25) is 0 Å². The highest BCUT2D eigenvalue weighted by atomic mass is 35.5. The second-order valence-electron chi connectivity index (χ2n) is 8.44. The molecule has 0 unspecified atom stereocenters. The van der Waals surface area contributed by atoms with Crippen LogP contribution in [0, 0.1) is 13.8 Å². The molecule has 0 saturated carbocycles. The molecule has 4 rings (SSSR count). The highest BCUT2D eigenvalue weighted by Gasteiger charge is 2.20. The zero-order chi connectivity index (χ0) is 24.4. The molecule has 0 bridgehead atoms. The third-order valence-electron chi connectivity index (χ3n) is 6.13. The van der Waals surface area contributed by atoms with E-state index < -0.39 is 0 Å². The number of carbonyl (C=O) groups is 1. The molecule has 34 heavy (non-hydrogen) atoms. The average molecular weight is 495 g/mol. The summed E-state index contributed by atoms with van der Waals surface area (Å²) in [5, 5.41) is 2.01. The van der Waals surface area contributed by atoms with E-state index in [2.05, 4.69) is 48.9 Å². The van der Waals surface area contributed by atoms with Gasteiger partial charge in [0.1, 0.15) is 5.75 Å². The Morgan fingerprint density at radius 3 is 2.32 bits per heavy atom. The van der Waals surface area contributed by atoms with Gasteiger partial charge in [-0.05, 0) is 80.8 Å². The van der Waals surface area contributed by atoms with Crippen LogP contribution in [-0.4, -0.2) is 28.6 Å². The zero-order valence-electron chi connectivity index (χ0n) is 19.9. The monoisotopic (exact) mass is 494 g/mol. The lowest BCUT2D eigenvalue weighted by molar-refractivity contribution is 0.157. The van der Waals surface area contributed by atoms with Crippen LogP contribution in [0.25, 0.3) is 22.0 Å². The lowest BCUT2D eigenvalue weighted by atomic mass is 10.0. The van der Waals surface area contributed by atoms with Crippen molar-refractivity contribution >= 4 is 40.2 Å². The van der Waals surface area contributed by atoms with Gasteiger partial charge in [-0.2, -0.15) is 0 Å². The summed E-state index contributed by atoms with van der Waals surface area (Å²) in [6.45, 7) is 9.98. The Hall–Kier alpha value is -2.95. The summed E-state index contributed by atoms with van der Waals surface area (Å²) in [5.41, 5.74) is 6.38. The summed E-state index contributed by atoms with van der Waals surface area (Å²) in [6.07, 6.45) is 1.69. The van der Waals surface area contributed by atoms with Gasteiger partial charge in [0, 0.05) is 52.3 Å². The summed E-state index contributed by atoms with van der Waals surface area (Å²) in [5.74, 6) is 0.479. The molecular formula is C28H28Cl2N2O2. The van der Waals surface area contributed by atoms with Crippen molar-refractivity contribution in [1.82, 2.24) is 9.47 Å². The number of benzene rings is 3. The molecule has 4 aromatic rings. The summed E-state index contributed by atoms with van der Waals surface area (Å²) in [7, 11) is 0. The maximum Gasteiger partial charge on any atom is 0.415 e. The first kappa shape index (κ1) is 24.2. The average Bonchev–Trinajstić information content (AvgIpc) is 3.19. The molecular weight excluding hydrogens is 467 g/mol. The molecule has 0 fully saturated rings. The minimum absolute atomic E-state index is 0.381. The van der Waals surface area contributed by atoms with E-state index in [1.807, 2.05) is 38.1 Å². The second-order valence-corrected chi connectivity index (χ2v) is 9.32. The number of halogens is 2. The number of amides is 1. The van der Waals surface area contributed by atoms with Gasteiger partial charge in [0.2, 0.25) is 0 Å². The molecule has 1 heterocycles. The standard InChI is InChI=1S/C28H28Cl2N2O2/c1-5-31(6-2)28(33)34-26-10-9-25-24(27(26)20-14-22(29)16-23(30)15-20)11-12-32(25)17-21-13-18(3)7-8-19(21)4/h7-16H,5-6,17H2,1-4H3. The van der Waals surface area contributed by atoms with Crippen LogP contribution in [0.4, 0.5) is 4.79 Å². The number of hydrogen-bond donors (Lipinski definition) is 0. The lowest BCUT2D eigenvalue weighted by Gasteiger charge is -2.20. The Morgan fingerprint density at radius 1 is 0.941 bits per heavy atom. The van der Waals surface area contributed by atoms with Crippen molar-refractivity contribution in [3.05, 3.63) is 87.5 Å². The molecule has 0 spiro atoms. The Bertz CT molecular complexity index is 1340. The zero-order valence-corrected chi connectivity index (χ0v) is 21.4. The fourth-order valence-corrected chi connectivity index (χ4v) is 4.79. The van der Waals surface area contributed by atoms with Crippen LogP contribution in [0.2, 0.25) is 10.0 Å². The molecule has 0 atom stereocenters. The molecule has 0 aliphatic heterocycles. The van der Waals surface area contributed by atoms with Gasteiger partial charge in [0.15, 0.2) is 0 Å². The molecule has 4 nitrogen and oxygen atoms in total. The van der Waals surface area contributed by atoms with Crippen LogP contribution in [0.3, 0.4) is 0 Å². The smallest absolute Gasteiger partial charge is 0.410 e. The van der Waals surface area contributed by atoms with Crippen molar-refractivity contribution in [2.75, 3.05) is 13.1 Å². The molecule has 3 aromatic carbocycles. The van der Waals surface area contributed by atoms with E-state index in [0.29, 0.717) is 28.9 Å². The summed E-state index contributed by atoms with van der Waals surface area (Å²) >= 11 is 12.7. The van der Waals surface area contributed by atoms with E-state index in [1.54, 1.807) is 11.0 Å². The second kappa shape index (κ2) is 10.1. The number of rotatable bonds is 6. The number of carbonyl (C=O) groups excluding carboxylic acids is 1. The lowest BCUT2D eigenvalue weighted by Crippen LogP contribution is -2.33. The number of hydrogen-bond acceptors (Lipinski definition) is 2. The molecule has 1 aromatic heterocycles. The highest BCUT2D eigenvalue weighted by Crippen LogP contribution is 2.40. The highest BCUT2D eigenvalue weighted by molar-refractivity contribution is 6.35. The van der Waals surface area contributed by atoms with Crippen molar-refractivity contribution in [2.45, 2.75) is 34.2 Å². The van der Waals surface area contributed by atoms with Gasteiger partial charge < -0.3 is 14.2 Å². The molecule has 0 saturated heterocycles. The first-order valence-corrected chi connectivity index (χ1v) is 12.2. The van der Waals surface area contributed by atoms with Crippen molar-refractivity contribution in [3.63, 3.8) is 0 Å². The maximum absolute atomic E-state index is 12.8. The first-order valence-electron chi connectivity index (χ1n) is 11.4. The maximum atomic E-state index is 12.8. The van der Waals surface area contributed by atoms with Gasteiger partial charge in [0.25, 0.3) is 0 Å². The minimum Gasteiger partial charge on any atom is -0.410 e. The topological polar surface area (TPSA) is 34.5 Å². The normalized spacial score (nSPS) is 11.1. The molecule has 176 valence electrons. The number of ether oxygens (including phenoxy) is 1. The number of fused-ring (bicyclic) bond motifs is 1. The van der Waals surface area contributed by atoms with Crippen LogP contribution in [0.15, 0.2) is 60.8 Å². The van der Waals surface area contributed by atoms with Gasteiger partial charge in [-0.25, -0.2) is 4.79 Å². The first-order chi connectivity index (χ1) is 16.3. The number of nitrogens with zero attached hydrogens (tertiary/aromatic N) is 2. The van der Waals surface area contributed by atoms with Crippen LogP contribution >= 0.6 is 23.2 Å². The Kier molecular flexibility index (Phi) is 7.20. The van der Waals surface area contributed by atoms with Gasteiger partial charge in [-0.1, -0.05) is 47.0 Å². The molecule has 0 radical (unpaired) electrons. The number of aromatic nitrogens is 1. The van der Waals surface area contributed by atoms with E-state index in [0.717, 1.165) is 28.6 Å². The summed E-state index contributed by atoms with van der Waals surface area (Å²) in [6, 6.07) is 17.8. The van der Waals surface area contributed by atoms with E-state index in [1.165, 1.54) is 16.7 Å². The van der Waals surface area contributed by atoms with Crippen molar-refractivity contribution < 1.29 is 9.53 Å². The summed E-state index contributed by atoms with van der Waals surface area (Å²) in [4.78, 5) is 14.4. The van der Waals surface area contributed by atoms with Crippen molar-refractivity contribution in [3.8, 4) is 16.9 Å². The third-order valence-corrected chi connectivity index (χ3v) is 6.57. The predicted molar refractivity (Wildman–Crippen MR) is 141 cm³/mol. The predicted octanol–water partition coefficient (Wildman–Crippen LogP) is 8.12. The van der Waals surface area contributed by atoms with Gasteiger partial charge in [0.05, 0.1) is 0 Å². The molecule has 0 N–H and O–H groups in total. The summed E-state index contributed by atoms with van der Waals surface area (Å²) < 4.78 is 8.10. The van der Waals surface area contributed by atoms with Gasteiger partial charge in [-0.15, -0.1) is 0 Å².